The van der Waals surface area contributed by atoms with Gasteiger partial charge in [-0.25, -0.2) is 4.39 Å². The lowest BCUT2D eigenvalue weighted by Gasteiger charge is -2.13. The maximum absolute atomic E-state index is 12.9. The van der Waals surface area contributed by atoms with Gasteiger partial charge in [-0.05, 0) is 30.5 Å². The Kier molecular flexibility index (Phi) is 4.56. The van der Waals surface area contributed by atoms with E-state index in [2.05, 4.69) is 0 Å². The fraction of sp³-hybridized carbons (Fsp3) is 0.455. The van der Waals surface area contributed by atoms with E-state index in [-0.39, 0.29) is 24.9 Å². The largest absolute Gasteiger partial charge is 0.396 e. The molecule has 0 fully saturated rings. The first-order valence-electron chi connectivity index (χ1n) is 4.75. The van der Waals surface area contributed by atoms with Gasteiger partial charge >= 0.3 is 0 Å². The Labute approximate surface area is 83.0 Å². The van der Waals surface area contributed by atoms with Gasteiger partial charge in [-0.1, -0.05) is 12.1 Å². The third-order valence-electron chi connectivity index (χ3n) is 2.25. The number of hydrogen-bond donors (Lipinski definition) is 2. The minimum absolute atomic E-state index is 0.0105. The summed E-state index contributed by atoms with van der Waals surface area (Å²) in [5.74, 6) is -0.359. The van der Waals surface area contributed by atoms with Crippen LogP contribution in [0.5, 0.6) is 0 Å². The molecule has 0 radical (unpaired) electrons. The Morgan fingerprint density at radius 3 is 2.64 bits per heavy atom. The fourth-order valence-electron chi connectivity index (χ4n) is 1.46. The Morgan fingerprint density at radius 2 is 2.07 bits per heavy atom. The SMILES string of the molecule is OCCCC(CO)c1cccc(F)c1. The van der Waals surface area contributed by atoms with E-state index in [0.717, 1.165) is 5.56 Å². The standard InChI is InChI=1S/C11H15FO2/c12-11-5-1-3-9(7-11)10(8-14)4-2-6-13/h1,3,5,7,10,13-14H,2,4,6,8H2. The number of hydrogen-bond acceptors (Lipinski definition) is 2. The summed E-state index contributed by atoms with van der Waals surface area (Å²) in [6.45, 7) is 0.0925. The van der Waals surface area contributed by atoms with Crippen LogP contribution in [0.1, 0.15) is 24.3 Å². The van der Waals surface area contributed by atoms with Crippen LogP contribution in [0.3, 0.4) is 0 Å². The minimum atomic E-state index is -0.287. The highest BCUT2D eigenvalue weighted by molar-refractivity contribution is 5.20. The summed E-state index contributed by atoms with van der Waals surface area (Å²) in [5, 5.41) is 17.7. The Morgan fingerprint density at radius 1 is 1.29 bits per heavy atom. The Balaban J connectivity index is 2.68. The maximum Gasteiger partial charge on any atom is 0.123 e. The van der Waals surface area contributed by atoms with Crippen molar-refractivity contribution in [1.82, 2.24) is 0 Å². The third kappa shape index (κ3) is 3.09. The topological polar surface area (TPSA) is 40.5 Å². The van der Waals surface area contributed by atoms with Crippen LogP contribution in [-0.4, -0.2) is 23.4 Å². The lowest BCUT2D eigenvalue weighted by molar-refractivity contribution is 0.236. The molecular weight excluding hydrogens is 183 g/mol. The summed E-state index contributed by atoms with van der Waals surface area (Å²) >= 11 is 0. The van der Waals surface area contributed by atoms with Crippen LogP contribution in [0, 0.1) is 5.82 Å². The Hall–Kier alpha value is -0.930. The van der Waals surface area contributed by atoms with Crippen molar-refractivity contribution in [2.45, 2.75) is 18.8 Å². The molecule has 0 aromatic heterocycles. The van der Waals surface area contributed by atoms with Crippen molar-refractivity contribution in [3.63, 3.8) is 0 Å². The molecule has 1 atom stereocenters. The molecule has 1 unspecified atom stereocenters. The van der Waals surface area contributed by atoms with Gasteiger partial charge in [0.25, 0.3) is 0 Å². The van der Waals surface area contributed by atoms with Gasteiger partial charge < -0.3 is 10.2 Å². The van der Waals surface area contributed by atoms with Crippen LogP contribution in [0.4, 0.5) is 4.39 Å². The first-order chi connectivity index (χ1) is 6.77. The minimum Gasteiger partial charge on any atom is -0.396 e. The van der Waals surface area contributed by atoms with Crippen molar-refractivity contribution in [2.75, 3.05) is 13.2 Å². The van der Waals surface area contributed by atoms with Crippen molar-refractivity contribution >= 4 is 0 Å². The van der Waals surface area contributed by atoms with E-state index in [9.17, 15) is 4.39 Å². The van der Waals surface area contributed by atoms with Gasteiger partial charge in [0.05, 0.1) is 0 Å². The molecule has 0 amide bonds. The molecule has 1 aromatic carbocycles. The quantitative estimate of drug-likeness (QED) is 0.755. The van der Waals surface area contributed by atoms with Gasteiger partial charge in [0.2, 0.25) is 0 Å². The van der Waals surface area contributed by atoms with E-state index in [1.807, 2.05) is 0 Å². The molecule has 0 bridgehead atoms. The average molecular weight is 198 g/mol. The van der Waals surface area contributed by atoms with Gasteiger partial charge in [0, 0.05) is 19.1 Å². The van der Waals surface area contributed by atoms with Crippen LogP contribution in [0.2, 0.25) is 0 Å². The molecular formula is C11H15FO2. The van der Waals surface area contributed by atoms with Crippen LogP contribution >= 0.6 is 0 Å². The van der Waals surface area contributed by atoms with Crippen molar-refractivity contribution < 1.29 is 14.6 Å². The molecule has 1 rings (SSSR count). The summed E-state index contributed by atoms with van der Waals surface area (Å²) in [6.07, 6.45) is 1.30. The molecule has 2 N–H and O–H groups in total. The predicted octanol–water partition coefficient (Wildman–Crippen LogP) is 1.67. The number of aliphatic hydroxyl groups is 2. The van der Waals surface area contributed by atoms with Gasteiger partial charge in [-0.3, -0.25) is 0 Å². The zero-order valence-corrected chi connectivity index (χ0v) is 7.99. The molecule has 0 spiro atoms. The molecule has 0 aliphatic heterocycles. The molecule has 0 saturated carbocycles. The molecule has 0 aliphatic carbocycles. The normalized spacial score (nSPS) is 12.8. The summed E-state index contributed by atoms with van der Waals surface area (Å²) < 4.78 is 12.9. The van der Waals surface area contributed by atoms with E-state index in [1.54, 1.807) is 12.1 Å². The van der Waals surface area contributed by atoms with Crippen molar-refractivity contribution in [3.05, 3.63) is 35.6 Å². The fourth-order valence-corrected chi connectivity index (χ4v) is 1.46. The number of halogens is 1. The van der Waals surface area contributed by atoms with Gasteiger partial charge in [0.15, 0.2) is 0 Å². The zero-order chi connectivity index (χ0) is 10.4. The second-order valence-electron chi connectivity index (χ2n) is 3.30. The van der Waals surface area contributed by atoms with Crippen LogP contribution < -0.4 is 0 Å². The van der Waals surface area contributed by atoms with Crippen LogP contribution in [0.15, 0.2) is 24.3 Å². The first-order valence-corrected chi connectivity index (χ1v) is 4.75. The number of benzene rings is 1. The lowest BCUT2D eigenvalue weighted by atomic mass is 9.95. The summed E-state index contributed by atoms with van der Waals surface area (Å²) in [6, 6.07) is 6.23. The van der Waals surface area contributed by atoms with E-state index in [1.165, 1.54) is 12.1 Å². The predicted molar refractivity (Wildman–Crippen MR) is 52.5 cm³/mol. The van der Waals surface area contributed by atoms with E-state index < -0.39 is 0 Å². The van der Waals surface area contributed by atoms with Crippen molar-refractivity contribution in [3.8, 4) is 0 Å². The molecule has 78 valence electrons. The van der Waals surface area contributed by atoms with E-state index in [4.69, 9.17) is 10.2 Å². The second-order valence-corrected chi connectivity index (χ2v) is 3.30. The molecule has 2 nitrogen and oxygen atoms in total. The summed E-state index contributed by atoms with van der Waals surface area (Å²) in [5.41, 5.74) is 0.793. The lowest BCUT2D eigenvalue weighted by Crippen LogP contribution is -2.05. The third-order valence-corrected chi connectivity index (χ3v) is 2.25. The smallest absolute Gasteiger partial charge is 0.123 e. The number of aliphatic hydroxyl groups excluding tert-OH is 2. The first kappa shape index (κ1) is 11.1. The molecule has 14 heavy (non-hydrogen) atoms. The number of rotatable bonds is 5. The molecule has 1 aromatic rings. The second kappa shape index (κ2) is 5.73. The summed E-state index contributed by atoms with van der Waals surface area (Å²) in [4.78, 5) is 0. The van der Waals surface area contributed by atoms with Gasteiger partial charge in [-0.15, -0.1) is 0 Å². The Bertz CT molecular complexity index is 276. The van der Waals surface area contributed by atoms with E-state index in [0.29, 0.717) is 12.8 Å². The average Bonchev–Trinajstić information content (AvgIpc) is 2.19. The van der Waals surface area contributed by atoms with Crippen LogP contribution in [-0.2, 0) is 0 Å². The van der Waals surface area contributed by atoms with Gasteiger partial charge in [0.1, 0.15) is 5.82 Å². The molecule has 0 saturated heterocycles. The van der Waals surface area contributed by atoms with Crippen molar-refractivity contribution in [2.24, 2.45) is 0 Å². The highest BCUT2D eigenvalue weighted by Crippen LogP contribution is 2.21. The highest BCUT2D eigenvalue weighted by Gasteiger charge is 2.10. The molecule has 0 heterocycles. The van der Waals surface area contributed by atoms with E-state index >= 15 is 0 Å². The zero-order valence-electron chi connectivity index (χ0n) is 7.99. The molecule has 3 heteroatoms. The van der Waals surface area contributed by atoms with Crippen molar-refractivity contribution in [1.29, 1.82) is 0 Å². The maximum atomic E-state index is 12.9. The monoisotopic (exact) mass is 198 g/mol. The van der Waals surface area contributed by atoms with Gasteiger partial charge in [-0.2, -0.15) is 0 Å². The highest BCUT2D eigenvalue weighted by atomic mass is 19.1. The molecule has 0 aliphatic rings. The van der Waals surface area contributed by atoms with Crippen LogP contribution in [0.25, 0.3) is 0 Å². The summed E-state index contributed by atoms with van der Waals surface area (Å²) in [7, 11) is 0.